The Hall–Kier alpha value is -1.48. The van der Waals surface area contributed by atoms with E-state index in [0.29, 0.717) is 0 Å². The minimum Gasteiger partial charge on any atom is -0.398 e. The van der Waals surface area contributed by atoms with Gasteiger partial charge in [-0.25, -0.2) is 0 Å². The first-order chi connectivity index (χ1) is 6.29. The molecule has 1 aromatic heterocycles. The highest BCUT2D eigenvalue weighted by molar-refractivity contribution is 7.14. The Morgan fingerprint density at radius 1 is 0.923 bits per heavy atom. The van der Waals surface area contributed by atoms with Crippen LogP contribution in [0, 0.1) is 0 Å². The molecule has 0 radical (unpaired) electrons. The molecule has 0 bridgehead atoms. The Labute approximate surface area is 80.8 Å². The molecule has 0 amide bonds. The lowest BCUT2D eigenvalue weighted by molar-refractivity contribution is 1.65. The molecule has 1 aromatic carbocycles. The SMILES string of the molecule is Nc1ccccc1-c1ccsc1N. The number of rotatable bonds is 1. The number of hydrogen-bond acceptors (Lipinski definition) is 3. The summed E-state index contributed by atoms with van der Waals surface area (Å²) in [5.74, 6) is 0. The van der Waals surface area contributed by atoms with Crippen molar-refractivity contribution in [1.29, 1.82) is 0 Å². The lowest BCUT2D eigenvalue weighted by atomic mass is 10.1. The van der Waals surface area contributed by atoms with Gasteiger partial charge in [0, 0.05) is 16.8 Å². The maximum absolute atomic E-state index is 5.83. The molecule has 2 nitrogen and oxygen atoms in total. The number of nitrogen functional groups attached to an aromatic ring is 2. The van der Waals surface area contributed by atoms with Crippen molar-refractivity contribution in [3.05, 3.63) is 35.7 Å². The predicted octanol–water partition coefficient (Wildman–Crippen LogP) is 2.58. The van der Waals surface area contributed by atoms with Crippen molar-refractivity contribution < 1.29 is 0 Å². The van der Waals surface area contributed by atoms with Crippen LogP contribution in [0.5, 0.6) is 0 Å². The van der Waals surface area contributed by atoms with E-state index in [1.165, 1.54) is 11.3 Å². The van der Waals surface area contributed by atoms with Gasteiger partial charge in [-0.1, -0.05) is 18.2 Å². The van der Waals surface area contributed by atoms with Gasteiger partial charge in [-0.15, -0.1) is 11.3 Å². The number of para-hydroxylation sites is 1. The van der Waals surface area contributed by atoms with Crippen LogP contribution in [0.3, 0.4) is 0 Å². The van der Waals surface area contributed by atoms with Gasteiger partial charge in [0.15, 0.2) is 0 Å². The summed E-state index contributed by atoms with van der Waals surface area (Å²) in [4.78, 5) is 0. The van der Waals surface area contributed by atoms with Crippen LogP contribution < -0.4 is 11.5 Å². The zero-order valence-electron chi connectivity index (χ0n) is 7.03. The molecule has 0 unspecified atom stereocenters. The molecule has 0 aliphatic carbocycles. The van der Waals surface area contributed by atoms with Gasteiger partial charge >= 0.3 is 0 Å². The van der Waals surface area contributed by atoms with E-state index in [9.17, 15) is 0 Å². The first kappa shape index (κ1) is 8.13. The molecule has 2 rings (SSSR count). The van der Waals surface area contributed by atoms with Crippen LogP contribution in [0.2, 0.25) is 0 Å². The van der Waals surface area contributed by atoms with E-state index in [1.54, 1.807) is 0 Å². The summed E-state index contributed by atoms with van der Waals surface area (Å²) >= 11 is 1.53. The van der Waals surface area contributed by atoms with Gasteiger partial charge < -0.3 is 11.5 Å². The molecule has 0 aliphatic rings. The molecule has 0 spiro atoms. The van der Waals surface area contributed by atoms with E-state index < -0.39 is 0 Å². The summed E-state index contributed by atoms with van der Waals surface area (Å²) in [6.07, 6.45) is 0. The number of benzene rings is 1. The number of anilines is 2. The van der Waals surface area contributed by atoms with Gasteiger partial charge in [-0.05, 0) is 17.5 Å². The maximum Gasteiger partial charge on any atom is 0.0936 e. The van der Waals surface area contributed by atoms with E-state index in [2.05, 4.69) is 0 Å². The molecule has 0 atom stereocenters. The van der Waals surface area contributed by atoms with Gasteiger partial charge in [0.2, 0.25) is 0 Å². The Kier molecular flexibility index (Phi) is 1.94. The van der Waals surface area contributed by atoms with Crippen LogP contribution in [0.25, 0.3) is 11.1 Å². The van der Waals surface area contributed by atoms with Crippen LogP contribution >= 0.6 is 11.3 Å². The second-order valence-corrected chi connectivity index (χ2v) is 3.73. The largest absolute Gasteiger partial charge is 0.398 e. The summed E-state index contributed by atoms with van der Waals surface area (Å²) < 4.78 is 0. The highest BCUT2D eigenvalue weighted by Gasteiger charge is 2.05. The molecule has 0 saturated carbocycles. The number of nitrogens with two attached hydrogens (primary N) is 2. The minimum atomic E-state index is 0.771. The molecule has 0 saturated heterocycles. The standard InChI is InChI=1S/C10H10N2S/c11-9-4-2-1-3-7(9)8-5-6-13-10(8)12/h1-6H,11-12H2. The van der Waals surface area contributed by atoms with Crippen molar-refractivity contribution in [2.45, 2.75) is 0 Å². The Balaban J connectivity index is 2.59. The van der Waals surface area contributed by atoms with Crippen molar-refractivity contribution in [2.24, 2.45) is 0 Å². The van der Waals surface area contributed by atoms with Crippen molar-refractivity contribution >= 4 is 22.0 Å². The maximum atomic E-state index is 5.83. The average Bonchev–Trinajstić information content (AvgIpc) is 2.52. The smallest absolute Gasteiger partial charge is 0.0936 e. The van der Waals surface area contributed by atoms with Crippen LogP contribution in [-0.2, 0) is 0 Å². The van der Waals surface area contributed by atoms with E-state index in [-0.39, 0.29) is 0 Å². The fraction of sp³-hybridized carbons (Fsp3) is 0. The van der Waals surface area contributed by atoms with Crippen LogP contribution in [0.4, 0.5) is 10.7 Å². The van der Waals surface area contributed by atoms with Gasteiger partial charge in [-0.2, -0.15) is 0 Å². The highest BCUT2D eigenvalue weighted by atomic mass is 32.1. The molecule has 1 heterocycles. The second kappa shape index (κ2) is 3.11. The molecular weight excluding hydrogens is 180 g/mol. The van der Waals surface area contributed by atoms with Crippen molar-refractivity contribution in [3.63, 3.8) is 0 Å². The monoisotopic (exact) mass is 190 g/mol. The van der Waals surface area contributed by atoms with E-state index >= 15 is 0 Å². The van der Waals surface area contributed by atoms with Crippen molar-refractivity contribution in [1.82, 2.24) is 0 Å². The van der Waals surface area contributed by atoms with Gasteiger partial charge in [0.25, 0.3) is 0 Å². The first-order valence-electron chi connectivity index (χ1n) is 3.97. The zero-order valence-corrected chi connectivity index (χ0v) is 7.84. The normalized spacial score (nSPS) is 10.2. The second-order valence-electron chi connectivity index (χ2n) is 2.79. The van der Waals surface area contributed by atoms with Crippen LogP contribution in [0.15, 0.2) is 35.7 Å². The fourth-order valence-electron chi connectivity index (χ4n) is 1.29. The zero-order chi connectivity index (χ0) is 9.26. The molecule has 13 heavy (non-hydrogen) atoms. The quantitative estimate of drug-likeness (QED) is 0.679. The van der Waals surface area contributed by atoms with Gasteiger partial charge in [-0.3, -0.25) is 0 Å². The topological polar surface area (TPSA) is 52.0 Å². The Bertz CT molecular complexity index is 420. The number of thiophene rings is 1. The molecule has 0 fully saturated rings. The Morgan fingerprint density at radius 2 is 1.69 bits per heavy atom. The number of hydrogen-bond donors (Lipinski definition) is 2. The van der Waals surface area contributed by atoms with E-state index in [0.717, 1.165) is 21.8 Å². The van der Waals surface area contributed by atoms with E-state index in [1.807, 2.05) is 35.7 Å². The minimum absolute atomic E-state index is 0.771. The lowest BCUT2D eigenvalue weighted by Crippen LogP contribution is -1.90. The first-order valence-corrected chi connectivity index (χ1v) is 4.85. The fourth-order valence-corrected chi connectivity index (χ4v) is 1.94. The van der Waals surface area contributed by atoms with Crippen LogP contribution in [-0.4, -0.2) is 0 Å². The summed E-state index contributed by atoms with van der Waals surface area (Å²) in [6, 6.07) is 9.73. The van der Waals surface area contributed by atoms with Gasteiger partial charge in [0.05, 0.1) is 5.00 Å². The molecule has 4 N–H and O–H groups in total. The third-order valence-corrected chi connectivity index (χ3v) is 2.69. The van der Waals surface area contributed by atoms with Crippen molar-refractivity contribution in [3.8, 4) is 11.1 Å². The van der Waals surface area contributed by atoms with Gasteiger partial charge in [0.1, 0.15) is 0 Å². The predicted molar refractivity (Wildman–Crippen MR) is 58.6 cm³/mol. The molecular formula is C10H10N2S. The van der Waals surface area contributed by atoms with Crippen molar-refractivity contribution in [2.75, 3.05) is 11.5 Å². The third kappa shape index (κ3) is 1.38. The Morgan fingerprint density at radius 3 is 2.31 bits per heavy atom. The van der Waals surface area contributed by atoms with E-state index in [4.69, 9.17) is 11.5 Å². The van der Waals surface area contributed by atoms with Crippen LogP contribution in [0.1, 0.15) is 0 Å². The highest BCUT2D eigenvalue weighted by Crippen LogP contribution is 2.33. The molecule has 3 heteroatoms. The summed E-state index contributed by atoms with van der Waals surface area (Å²) in [7, 11) is 0. The molecule has 2 aromatic rings. The lowest BCUT2D eigenvalue weighted by Gasteiger charge is -2.03. The summed E-state index contributed by atoms with van der Waals surface area (Å²) in [5, 5.41) is 2.79. The summed E-state index contributed by atoms with van der Waals surface area (Å²) in [6.45, 7) is 0. The summed E-state index contributed by atoms with van der Waals surface area (Å²) in [5.41, 5.74) is 14.5. The third-order valence-electron chi connectivity index (χ3n) is 1.95. The average molecular weight is 190 g/mol. The molecule has 0 aliphatic heterocycles. The molecule has 66 valence electrons.